The number of rotatable bonds is 6. The lowest BCUT2D eigenvalue weighted by atomic mass is 10.1. The third-order valence-electron chi connectivity index (χ3n) is 3.91. The highest BCUT2D eigenvalue weighted by Crippen LogP contribution is 2.32. The molecular weight excluding hydrogens is 396 g/mol. The van der Waals surface area contributed by atoms with Crippen LogP contribution in [0.5, 0.6) is 0 Å². The van der Waals surface area contributed by atoms with E-state index in [1.165, 1.54) is 18.2 Å². The van der Waals surface area contributed by atoms with Crippen molar-refractivity contribution in [3.63, 3.8) is 0 Å². The third-order valence-corrected chi connectivity index (χ3v) is 4.77. The van der Waals surface area contributed by atoms with Gasteiger partial charge in [-0.3, -0.25) is 10.1 Å². The van der Waals surface area contributed by atoms with Crippen LogP contribution in [0.15, 0.2) is 79.6 Å². The summed E-state index contributed by atoms with van der Waals surface area (Å²) in [4.78, 5) is 26.0. The summed E-state index contributed by atoms with van der Waals surface area (Å²) >= 11 is 0.801. The van der Waals surface area contributed by atoms with Crippen LogP contribution in [-0.2, 0) is 4.79 Å². The quantitative estimate of drug-likeness (QED) is 0.204. The lowest BCUT2D eigenvalue weighted by Crippen LogP contribution is -2.22. The van der Waals surface area contributed by atoms with E-state index < -0.39 is 10.9 Å². The second-order valence-corrected chi connectivity index (χ2v) is 6.85. The fraction of sp³-hybridized carbons (Fsp3) is 0. The normalized spacial score (nSPS) is 11.7. The van der Waals surface area contributed by atoms with E-state index in [1.807, 2.05) is 0 Å². The number of aliphatic carboxylic acids is 1. The van der Waals surface area contributed by atoms with Crippen LogP contribution in [0.1, 0.15) is 5.76 Å². The first kappa shape index (κ1) is 18.5. The number of nitrogens with zero attached hydrogens (tertiary/aromatic N) is 2. The van der Waals surface area contributed by atoms with Crippen molar-refractivity contribution < 1.29 is 23.7 Å². The van der Waals surface area contributed by atoms with Gasteiger partial charge in [0.2, 0.25) is 0 Å². The molecule has 0 spiro atoms. The number of carboxylic acids is 1. The van der Waals surface area contributed by atoms with Gasteiger partial charge in [0.15, 0.2) is 5.58 Å². The van der Waals surface area contributed by atoms with E-state index in [2.05, 4.69) is 4.98 Å². The molecule has 0 aliphatic rings. The Bertz CT molecular complexity index is 1220. The second kappa shape index (κ2) is 7.64. The minimum absolute atomic E-state index is 0.0714. The number of aromatic nitrogens is 1. The first-order chi connectivity index (χ1) is 14.0. The summed E-state index contributed by atoms with van der Waals surface area (Å²) in [5.41, 5.74) is 1.58. The van der Waals surface area contributed by atoms with E-state index >= 15 is 0 Å². The van der Waals surface area contributed by atoms with Crippen LogP contribution in [0.3, 0.4) is 0 Å². The molecular formula is C20H11N2O6S-. The number of thioether (sulfide) groups is 1. The van der Waals surface area contributed by atoms with Gasteiger partial charge in [-0.2, -0.15) is 0 Å². The standard InChI is InChI=1S/C20H12N2O6S/c23-19(24)18(29-20-21-15-6-1-2-7-17(15)28-20)11-14-8-9-16(27-14)12-4-3-5-13(10-12)22(25)26/h1-11H,(H,23,24)/p-1/b18-11+. The second-order valence-electron chi connectivity index (χ2n) is 5.86. The lowest BCUT2D eigenvalue weighted by Gasteiger charge is -2.04. The number of hydrogen-bond donors (Lipinski definition) is 0. The summed E-state index contributed by atoms with van der Waals surface area (Å²) in [6.07, 6.45) is 1.29. The highest BCUT2D eigenvalue weighted by atomic mass is 32.2. The van der Waals surface area contributed by atoms with Crippen LogP contribution in [0.4, 0.5) is 5.69 Å². The Morgan fingerprint density at radius 3 is 2.66 bits per heavy atom. The molecule has 0 aliphatic heterocycles. The van der Waals surface area contributed by atoms with Crippen molar-refractivity contribution in [3.8, 4) is 11.3 Å². The summed E-state index contributed by atoms with van der Waals surface area (Å²) in [5.74, 6) is -0.801. The number of carbonyl (C=O) groups is 1. The number of benzene rings is 2. The molecule has 0 radical (unpaired) electrons. The molecule has 4 aromatic rings. The lowest BCUT2D eigenvalue weighted by molar-refractivity contribution is -0.384. The maximum Gasteiger partial charge on any atom is 0.270 e. The summed E-state index contributed by atoms with van der Waals surface area (Å²) in [6.45, 7) is 0. The van der Waals surface area contributed by atoms with Crippen LogP contribution >= 0.6 is 11.8 Å². The number of fused-ring (bicyclic) bond motifs is 1. The van der Waals surface area contributed by atoms with Crippen molar-refractivity contribution in [2.75, 3.05) is 0 Å². The fourth-order valence-corrected chi connectivity index (χ4v) is 3.33. The number of carbonyl (C=O) groups excluding carboxylic acids is 1. The largest absolute Gasteiger partial charge is 0.544 e. The Morgan fingerprint density at radius 2 is 1.90 bits per heavy atom. The van der Waals surface area contributed by atoms with Crippen molar-refractivity contribution in [2.24, 2.45) is 0 Å². The Labute approximate surface area is 167 Å². The van der Waals surface area contributed by atoms with Crippen molar-refractivity contribution >= 4 is 40.6 Å². The van der Waals surface area contributed by atoms with Crippen molar-refractivity contribution in [1.29, 1.82) is 0 Å². The molecule has 2 heterocycles. The summed E-state index contributed by atoms with van der Waals surface area (Å²) < 4.78 is 11.1. The van der Waals surface area contributed by atoms with Gasteiger partial charge in [-0.15, -0.1) is 0 Å². The van der Waals surface area contributed by atoms with Gasteiger partial charge in [0.05, 0.1) is 10.9 Å². The summed E-state index contributed by atoms with van der Waals surface area (Å²) in [6, 6.07) is 16.2. The minimum Gasteiger partial charge on any atom is -0.544 e. The molecule has 0 saturated carbocycles. The van der Waals surface area contributed by atoms with E-state index in [9.17, 15) is 20.0 Å². The summed E-state index contributed by atoms with van der Waals surface area (Å²) in [5, 5.41) is 22.6. The first-order valence-corrected chi connectivity index (χ1v) is 9.12. The Hall–Kier alpha value is -3.85. The van der Waals surface area contributed by atoms with E-state index in [1.54, 1.807) is 48.5 Å². The number of furan rings is 1. The molecule has 29 heavy (non-hydrogen) atoms. The van der Waals surface area contributed by atoms with Gasteiger partial charge in [0.25, 0.3) is 10.9 Å². The third kappa shape index (κ3) is 4.04. The molecule has 8 nitrogen and oxygen atoms in total. The van der Waals surface area contributed by atoms with Crippen LogP contribution in [-0.4, -0.2) is 15.9 Å². The maximum atomic E-state index is 11.5. The van der Waals surface area contributed by atoms with Gasteiger partial charge >= 0.3 is 0 Å². The van der Waals surface area contributed by atoms with Crippen molar-refractivity contribution in [3.05, 3.63) is 81.4 Å². The van der Waals surface area contributed by atoms with Gasteiger partial charge in [-0.1, -0.05) is 24.3 Å². The zero-order valence-electron chi connectivity index (χ0n) is 14.6. The molecule has 0 N–H and O–H groups in total. The monoisotopic (exact) mass is 407 g/mol. The van der Waals surface area contributed by atoms with Gasteiger partial charge in [0.1, 0.15) is 17.0 Å². The molecule has 2 aromatic heterocycles. The number of non-ortho nitro benzene ring substituents is 1. The van der Waals surface area contributed by atoms with Crippen LogP contribution < -0.4 is 5.11 Å². The van der Waals surface area contributed by atoms with Gasteiger partial charge < -0.3 is 18.7 Å². The molecule has 2 aromatic carbocycles. The van der Waals surface area contributed by atoms with E-state index in [0.717, 1.165) is 11.8 Å². The number of nitro groups is 1. The van der Waals surface area contributed by atoms with E-state index in [-0.39, 0.29) is 21.6 Å². The van der Waals surface area contributed by atoms with E-state index in [4.69, 9.17) is 8.83 Å². The molecule has 144 valence electrons. The predicted molar refractivity (Wildman–Crippen MR) is 104 cm³/mol. The topological polar surface area (TPSA) is 122 Å². The predicted octanol–water partition coefficient (Wildman–Crippen LogP) is 3.88. The molecule has 9 heteroatoms. The van der Waals surface area contributed by atoms with Gasteiger partial charge in [-0.05, 0) is 42.1 Å². The Morgan fingerprint density at radius 1 is 1.07 bits per heavy atom. The zero-order valence-corrected chi connectivity index (χ0v) is 15.4. The number of carboxylic acid groups (broad SMARTS) is 1. The van der Waals surface area contributed by atoms with E-state index in [0.29, 0.717) is 22.4 Å². The highest BCUT2D eigenvalue weighted by Gasteiger charge is 2.13. The zero-order chi connectivity index (χ0) is 20.4. The van der Waals surface area contributed by atoms with Crippen LogP contribution in [0.25, 0.3) is 28.5 Å². The summed E-state index contributed by atoms with van der Waals surface area (Å²) in [7, 11) is 0. The number of para-hydroxylation sites is 2. The highest BCUT2D eigenvalue weighted by molar-refractivity contribution is 8.03. The van der Waals surface area contributed by atoms with Crippen LogP contribution in [0.2, 0.25) is 0 Å². The molecule has 0 unspecified atom stereocenters. The number of nitro benzene ring substituents is 1. The molecule has 0 bridgehead atoms. The number of oxazole rings is 1. The van der Waals surface area contributed by atoms with Crippen LogP contribution in [0, 0.1) is 10.1 Å². The molecule has 0 fully saturated rings. The molecule has 4 rings (SSSR count). The molecule has 0 amide bonds. The first-order valence-electron chi connectivity index (χ1n) is 8.31. The molecule has 0 aliphatic carbocycles. The number of hydrogen-bond acceptors (Lipinski definition) is 8. The fourth-order valence-electron chi connectivity index (χ4n) is 2.61. The maximum absolute atomic E-state index is 11.5. The Kier molecular flexibility index (Phi) is 4.88. The average Bonchev–Trinajstić information content (AvgIpc) is 3.34. The molecule has 0 saturated heterocycles. The van der Waals surface area contributed by atoms with Gasteiger partial charge in [-0.25, -0.2) is 4.98 Å². The smallest absolute Gasteiger partial charge is 0.270 e. The van der Waals surface area contributed by atoms with Crippen molar-refractivity contribution in [1.82, 2.24) is 4.98 Å². The SMILES string of the molecule is O=C([O-])/C(=C\c1ccc(-c2cccc([N+](=O)[O-])c2)o1)Sc1nc2ccccc2o1. The minimum atomic E-state index is -1.41. The van der Waals surface area contributed by atoms with Crippen molar-refractivity contribution in [2.45, 2.75) is 5.22 Å². The van der Waals surface area contributed by atoms with Gasteiger partial charge in [0, 0.05) is 22.6 Å². The molecule has 0 atom stereocenters. The Balaban J connectivity index is 1.61. The average molecular weight is 407 g/mol.